The third-order valence-corrected chi connectivity index (χ3v) is 5.18. The summed E-state index contributed by atoms with van der Waals surface area (Å²) in [6, 6.07) is 19.4. The lowest BCUT2D eigenvalue weighted by Crippen LogP contribution is -1.94. The van der Waals surface area contributed by atoms with Crippen LogP contribution in [0.4, 0.5) is 5.69 Å². The standard InChI is InChI=1S/C22H15N3O3S/c26-20(21-7-4-14-29-21)13-10-17-15-24(18-5-2-1-3-6-18)23-22(17)16-8-11-19(12-9-16)25(27)28/h1-15H. The molecule has 0 aliphatic rings. The summed E-state index contributed by atoms with van der Waals surface area (Å²) in [7, 11) is 0. The first-order valence-corrected chi connectivity index (χ1v) is 9.65. The highest BCUT2D eigenvalue weighted by atomic mass is 32.1. The average molecular weight is 401 g/mol. The molecule has 2 aromatic carbocycles. The van der Waals surface area contributed by atoms with Crippen LogP contribution in [0.25, 0.3) is 23.0 Å². The number of ketones is 1. The molecule has 0 aliphatic heterocycles. The highest BCUT2D eigenvalue weighted by Gasteiger charge is 2.13. The van der Waals surface area contributed by atoms with Gasteiger partial charge in [-0.25, -0.2) is 4.68 Å². The summed E-state index contributed by atoms with van der Waals surface area (Å²) in [5.41, 5.74) is 3.00. The van der Waals surface area contributed by atoms with Crippen LogP contribution in [0.5, 0.6) is 0 Å². The van der Waals surface area contributed by atoms with Gasteiger partial charge in [-0.2, -0.15) is 5.10 Å². The van der Waals surface area contributed by atoms with Gasteiger partial charge in [0.05, 0.1) is 21.2 Å². The van der Waals surface area contributed by atoms with Gasteiger partial charge in [-0.3, -0.25) is 14.9 Å². The Bertz CT molecular complexity index is 1180. The Morgan fingerprint density at radius 1 is 1.03 bits per heavy atom. The average Bonchev–Trinajstić information content (AvgIpc) is 3.43. The molecule has 29 heavy (non-hydrogen) atoms. The lowest BCUT2D eigenvalue weighted by Gasteiger charge is -2.00. The van der Waals surface area contributed by atoms with Gasteiger partial charge in [-0.15, -0.1) is 11.3 Å². The number of rotatable bonds is 6. The van der Waals surface area contributed by atoms with Crippen LogP contribution in [0.15, 0.2) is 84.4 Å². The molecule has 0 N–H and O–H groups in total. The molecule has 7 heteroatoms. The topological polar surface area (TPSA) is 78.0 Å². The van der Waals surface area contributed by atoms with Crippen molar-refractivity contribution in [3.05, 3.63) is 105 Å². The molecule has 4 rings (SSSR count). The number of nitrogens with zero attached hydrogens (tertiary/aromatic N) is 3. The van der Waals surface area contributed by atoms with Crippen molar-refractivity contribution in [1.82, 2.24) is 9.78 Å². The Kier molecular flexibility index (Phi) is 5.13. The zero-order valence-electron chi connectivity index (χ0n) is 15.1. The Morgan fingerprint density at radius 3 is 2.45 bits per heavy atom. The van der Waals surface area contributed by atoms with Crippen LogP contribution in [0.1, 0.15) is 15.2 Å². The number of nitro groups is 1. The number of allylic oxidation sites excluding steroid dienone is 1. The Hall–Kier alpha value is -3.84. The van der Waals surface area contributed by atoms with Crippen molar-refractivity contribution in [2.45, 2.75) is 0 Å². The molecule has 0 spiro atoms. The van der Waals surface area contributed by atoms with Crippen LogP contribution < -0.4 is 0 Å². The molecular weight excluding hydrogens is 386 g/mol. The van der Waals surface area contributed by atoms with Gasteiger partial charge >= 0.3 is 0 Å². The highest BCUT2D eigenvalue weighted by molar-refractivity contribution is 7.12. The predicted molar refractivity (Wildman–Crippen MR) is 113 cm³/mol. The number of aromatic nitrogens is 2. The van der Waals surface area contributed by atoms with E-state index in [0.717, 1.165) is 16.8 Å². The van der Waals surface area contributed by atoms with Crippen LogP contribution in [-0.4, -0.2) is 20.5 Å². The van der Waals surface area contributed by atoms with E-state index in [0.29, 0.717) is 10.6 Å². The van der Waals surface area contributed by atoms with Crippen LogP contribution in [0, 0.1) is 10.1 Å². The molecule has 0 atom stereocenters. The second-order valence-corrected chi connectivity index (χ2v) is 7.14. The van der Waals surface area contributed by atoms with Gasteiger partial charge in [-0.1, -0.05) is 24.3 Å². The van der Waals surface area contributed by atoms with E-state index in [1.54, 1.807) is 29.0 Å². The maximum atomic E-state index is 12.3. The number of carbonyl (C=O) groups is 1. The first-order valence-electron chi connectivity index (χ1n) is 8.77. The summed E-state index contributed by atoms with van der Waals surface area (Å²) >= 11 is 1.39. The van der Waals surface area contributed by atoms with Gasteiger partial charge in [0.2, 0.25) is 0 Å². The SMILES string of the molecule is O=C(C=Cc1cn(-c2ccccc2)nc1-c1ccc([N+](=O)[O-])cc1)c1cccs1. The summed E-state index contributed by atoms with van der Waals surface area (Å²) in [5.74, 6) is -0.0814. The molecule has 0 saturated carbocycles. The lowest BCUT2D eigenvalue weighted by atomic mass is 10.1. The second kappa shape index (κ2) is 8.04. The summed E-state index contributed by atoms with van der Waals surface area (Å²) in [5, 5.41) is 17.4. The van der Waals surface area contributed by atoms with Gasteiger partial charge < -0.3 is 0 Å². The van der Waals surface area contributed by atoms with Crippen molar-refractivity contribution in [2.24, 2.45) is 0 Å². The van der Waals surface area contributed by atoms with Gasteiger partial charge in [0.25, 0.3) is 5.69 Å². The third kappa shape index (κ3) is 4.04. The maximum Gasteiger partial charge on any atom is 0.269 e. The minimum Gasteiger partial charge on any atom is -0.288 e. The van der Waals surface area contributed by atoms with E-state index in [-0.39, 0.29) is 11.5 Å². The number of non-ortho nitro benzene ring substituents is 1. The van der Waals surface area contributed by atoms with Crippen molar-refractivity contribution in [1.29, 1.82) is 0 Å². The molecular formula is C22H15N3O3S. The summed E-state index contributed by atoms with van der Waals surface area (Å²) < 4.78 is 1.73. The van der Waals surface area contributed by atoms with Gasteiger partial charge in [0, 0.05) is 29.5 Å². The largest absolute Gasteiger partial charge is 0.288 e. The molecule has 2 aromatic heterocycles. The van der Waals surface area contributed by atoms with Crippen molar-refractivity contribution in [3.63, 3.8) is 0 Å². The number of benzene rings is 2. The number of hydrogen-bond donors (Lipinski definition) is 0. The van der Waals surface area contributed by atoms with Crippen LogP contribution in [0.2, 0.25) is 0 Å². The Labute approximate surface area is 170 Å². The Balaban J connectivity index is 1.74. The first kappa shape index (κ1) is 18.5. The van der Waals surface area contributed by atoms with Crippen molar-refractivity contribution in [3.8, 4) is 16.9 Å². The van der Waals surface area contributed by atoms with E-state index in [4.69, 9.17) is 0 Å². The normalized spacial score (nSPS) is 11.0. The maximum absolute atomic E-state index is 12.3. The number of hydrogen-bond acceptors (Lipinski definition) is 5. The lowest BCUT2D eigenvalue weighted by molar-refractivity contribution is -0.384. The second-order valence-electron chi connectivity index (χ2n) is 6.19. The molecule has 0 bridgehead atoms. The molecule has 142 valence electrons. The van der Waals surface area contributed by atoms with Crippen LogP contribution >= 0.6 is 11.3 Å². The van der Waals surface area contributed by atoms with Crippen LogP contribution in [-0.2, 0) is 0 Å². The minimum atomic E-state index is -0.438. The quantitative estimate of drug-likeness (QED) is 0.187. The fraction of sp³-hybridized carbons (Fsp3) is 0. The zero-order chi connectivity index (χ0) is 20.2. The first-order chi connectivity index (χ1) is 14.1. The zero-order valence-corrected chi connectivity index (χ0v) is 16.0. The molecule has 0 saturated heterocycles. The van der Waals surface area contributed by atoms with Gasteiger partial charge in [0.1, 0.15) is 0 Å². The van der Waals surface area contributed by atoms with E-state index in [1.807, 2.05) is 48.0 Å². The molecule has 0 amide bonds. The van der Waals surface area contributed by atoms with E-state index >= 15 is 0 Å². The molecule has 0 radical (unpaired) electrons. The fourth-order valence-electron chi connectivity index (χ4n) is 2.85. The molecule has 2 heterocycles. The molecule has 0 unspecified atom stereocenters. The summed E-state index contributed by atoms with van der Waals surface area (Å²) in [6.07, 6.45) is 5.09. The van der Waals surface area contributed by atoms with Crippen molar-refractivity contribution < 1.29 is 9.72 Å². The van der Waals surface area contributed by atoms with Gasteiger partial charge in [0.15, 0.2) is 5.78 Å². The van der Waals surface area contributed by atoms with Crippen molar-refractivity contribution in [2.75, 3.05) is 0 Å². The van der Waals surface area contributed by atoms with E-state index in [9.17, 15) is 14.9 Å². The number of para-hydroxylation sites is 1. The van der Waals surface area contributed by atoms with Crippen molar-refractivity contribution >= 4 is 28.9 Å². The molecule has 0 fully saturated rings. The number of carbonyl (C=O) groups excluding carboxylic acids is 1. The smallest absolute Gasteiger partial charge is 0.269 e. The highest BCUT2D eigenvalue weighted by Crippen LogP contribution is 2.27. The Morgan fingerprint density at radius 2 is 1.79 bits per heavy atom. The summed E-state index contributed by atoms with van der Waals surface area (Å²) in [6.45, 7) is 0. The fourth-order valence-corrected chi connectivity index (χ4v) is 3.50. The van der Waals surface area contributed by atoms with E-state index < -0.39 is 4.92 Å². The third-order valence-electron chi connectivity index (χ3n) is 4.29. The van der Waals surface area contributed by atoms with E-state index in [2.05, 4.69) is 5.10 Å². The molecule has 4 aromatic rings. The van der Waals surface area contributed by atoms with Gasteiger partial charge in [-0.05, 0) is 47.9 Å². The number of thiophene rings is 1. The molecule has 6 nitrogen and oxygen atoms in total. The monoisotopic (exact) mass is 401 g/mol. The van der Waals surface area contributed by atoms with Crippen LogP contribution in [0.3, 0.4) is 0 Å². The van der Waals surface area contributed by atoms with E-state index in [1.165, 1.54) is 29.5 Å². The predicted octanol–water partition coefficient (Wildman–Crippen LogP) is 5.41. The minimum absolute atomic E-state index is 0.0150. The number of nitro benzene ring substituents is 1. The molecule has 0 aliphatic carbocycles. The summed E-state index contributed by atoms with van der Waals surface area (Å²) in [4.78, 5) is 23.5.